The molecule has 2 rings (SSSR count). The molecular formula is C12H19N3O2. The van der Waals surface area contributed by atoms with Gasteiger partial charge in [-0.3, -0.25) is 9.48 Å². The third-order valence-electron chi connectivity index (χ3n) is 3.06. The highest BCUT2D eigenvalue weighted by atomic mass is 16.5. The van der Waals surface area contributed by atoms with Crippen LogP contribution in [0.5, 0.6) is 0 Å². The van der Waals surface area contributed by atoms with E-state index in [0.29, 0.717) is 13.2 Å². The highest BCUT2D eigenvalue weighted by Crippen LogP contribution is 2.27. The summed E-state index contributed by atoms with van der Waals surface area (Å²) in [5.74, 6) is 1.18. The van der Waals surface area contributed by atoms with Crippen LogP contribution in [0.1, 0.15) is 35.8 Å². The van der Waals surface area contributed by atoms with Crippen LogP contribution in [0.4, 0.5) is 5.82 Å². The summed E-state index contributed by atoms with van der Waals surface area (Å²) in [5.41, 5.74) is 1.60. The number of aldehydes is 1. The van der Waals surface area contributed by atoms with Crippen LogP contribution in [0.3, 0.4) is 0 Å². The molecule has 2 heterocycles. The van der Waals surface area contributed by atoms with Crippen molar-refractivity contribution in [3.05, 3.63) is 11.3 Å². The Kier molecular flexibility index (Phi) is 3.47. The number of morpholine rings is 1. The SMILES string of the molecule is CC(C)c1nn(C)c(N2CCOCC2)c1C=O. The van der Waals surface area contributed by atoms with Crippen LogP contribution in [0.25, 0.3) is 0 Å². The number of ether oxygens (including phenoxy) is 1. The lowest BCUT2D eigenvalue weighted by Crippen LogP contribution is -2.37. The van der Waals surface area contributed by atoms with Gasteiger partial charge in [0, 0.05) is 20.1 Å². The van der Waals surface area contributed by atoms with Crippen molar-refractivity contribution in [2.75, 3.05) is 31.2 Å². The standard InChI is InChI=1S/C12H19N3O2/c1-9(2)11-10(8-16)12(14(3)13-11)15-4-6-17-7-5-15/h8-9H,4-7H2,1-3H3. The molecule has 0 saturated carbocycles. The van der Waals surface area contributed by atoms with Crippen molar-refractivity contribution in [1.29, 1.82) is 0 Å². The fraction of sp³-hybridized carbons (Fsp3) is 0.667. The number of aromatic nitrogens is 2. The monoisotopic (exact) mass is 237 g/mol. The van der Waals surface area contributed by atoms with Crippen LogP contribution in [-0.2, 0) is 11.8 Å². The zero-order valence-corrected chi connectivity index (χ0v) is 10.6. The molecule has 0 aromatic carbocycles. The smallest absolute Gasteiger partial charge is 0.155 e. The highest BCUT2D eigenvalue weighted by Gasteiger charge is 2.23. The quantitative estimate of drug-likeness (QED) is 0.741. The van der Waals surface area contributed by atoms with Gasteiger partial charge in [-0.05, 0) is 5.92 Å². The first-order chi connectivity index (χ1) is 8.15. The van der Waals surface area contributed by atoms with Crippen molar-refractivity contribution >= 4 is 12.1 Å². The summed E-state index contributed by atoms with van der Waals surface area (Å²) in [6.07, 6.45) is 0.924. The van der Waals surface area contributed by atoms with Crippen molar-refractivity contribution < 1.29 is 9.53 Å². The summed E-state index contributed by atoms with van der Waals surface area (Å²) in [4.78, 5) is 13.5. The third-order valence-corrected chi connectivity index (χ3v) is 3.06. The summed E-state index contributed by atoms with van der Waals surface area (Å²) in [6.45, 7) is 7.16. The Morgan fingerprint density at radius 3 is 2.53 bits per heavy atom. The van der Waals surface area contributed by atoms with E-state index in [9.17, 15) is 4.79 Å². The maximum Gasteiger partial charge on any atom is 0.155 e. The second-order valence-corrected chi connectivity index (χ2v) is 4.62. The maximum absolute atomic E-state index is 11.3. The predicted molar refractivity (Wildman–Crippen MR) is 65.7 cm³/mol. The first kappa shape index (κ1) is 12.1. The van der Waals surface area contributed by atoms with E-state index < -0.39 is 0 Å². The van der Waals surface area contributed by atoms with Gasteiger partial charge in [0.2, 0.25) is 0 Å². The number of rotatable bonds is 3. The van der Waals surface area contributed by atoms with Crippen molar-refractivity contribution in [2.24, 2.45) is 7.05 Å². The van der Waals surface area contributed by atoms with E-state index >= 15 is 0 Å². The highest BCUT2D eigenvalue weighted by molar-refractivity contribution is 5.85. The molecule has 1 aliphatic rings. The predicted octanol–water partition coefficient (Wildman–Crippen LogP) is 1.19. The van der Waals surface area contributed by atoms with Gasteiger partial charge in [0.25, 0.3) is 0 Å². The topological polar surface area (TPSA) is 47.4 Å². The van der Waals surface area contributed by atoms with Gasteiger partial charge < -0.3 is 9.64 Å². The summed E-state index contributed by atoms with van der Waals surface area (Å²) >= 11 is 0. The van der Waals surface area contributed by atoms with Gasteiger partial charge in [-0.2, -0.15) is 5.10 Å². The molecule has 0 radical (unpaired) electrons. The summed E-state index contributed by atoms with van der Waals surface area (Å²) in [6, 6.07) is 0. The van der Waals surface area contributed by atoms with E-state index in [2.05, 4.69) is 23.8 Å². The van der Waals surface area contributed by atoms with Gasteiger partial charge in [0.05, 0.1) is 24.5 Å². The minimum absolute atomic E-state index is 0.260. The van der Waals surface area contributed by atoms with E-state index in [1.54, 1.807) is 0 Å². The third kappa shape index (κ3) is 2.20. The minimum Gasteiger partial charge on any atom is -0.378 e. The van der Waals surface area contributed by atoms with Crippen molar-refractivity contribution in [3.63, 3.8) is 0 Å². The first-order valence-corrected chi connectivity index (χ1v) is 6.00. The Balaban J connectivity index is 2.40. The molecule has 0 N–H and O–H groups in total. The lowest BCUT2D eigenvalue weighted by atomic mass is 10.1. The lowest BCUT2D eigenvalue weighted by Gasteiger charge is -2.28. The maximum atomic E-state index is 11.3. The summed E-state index contributed by atoms with van der Waals surface area (Å²) in [7, 11) is 1.89. The molecule has 5 heteroatoms. The van der Waals surface area contributed by atoms with Crippen LogP contribution in [0.15, 0.2) is 0 Å². The second kappa shape index (κ2) is 4.87. The van der Waals surface area contributed by atoms with Crippen molar-refractivity contribution in [2.45, 2.75) is 19.8 Å². The largest absolute Gasteiger partial charge is 0.378 e. The van der Waals surface area contributed by atoms with Crippen LogP contribution in [0, 0.1) is 0 Å². The average Bonchev–Trinajstić information content (AvgIpc) is 2.67. The van der Waals surface area contributed by atoms with Crippen LogP contribution in [-0.4, -0.2) is 42.4 Å². The normalized spacial score (nSPS) is 16.6. The van der Waals surface area contributed by atoms with Crippen LogP contribution >= 0.6 is 0 Å². The molecular weight excluding hydrogens is 218 g/mol. The Labute approximate surface area is 101 Å². The molecule has 17 heavy (non-hydrogen) atoms. The van der Waals surface area contributed by atoms with Crippen molar-refractivity contribution in [1.82, 2.24) is 9.78 Å². The van der Waals surface area contributed by atoms with E-state index in [-0.39, 0.29) is 5.92 Å². The Morgan fingerprint density at radius 2 is 2.00 bits per heavy atom. The molecule has 0 unspecified atom stereocenters. The molecule has 1 aliphatic heterocycles. The number of anilines is 1. The number of nitrogens with zero attached hydrogens (tertiary/aromatic N) is 3. The van der Waals surface area contributed by atoms with Crippen LogP contribution in [0.2, 0.25) is 0 Å². The Hall–Kier alpha value is -1.36. The molecule has 0 bridgehead atoms. The lowest BCUT2D eigenvalue weighted by molar-refractivity contribution is 0.111. The molecule has 1 saturated heterocycles. The summed E-state index contributed by atoms with van der Waals surface area (Å²) < 4.78 is 7.14. The van der Waals surface area contributed by atoms with Crippen LogP contribution < -0.4 is 4.90 Å². The molecule has 0 spiro atoms. The van der Waals surface area contributed by atoms with Gasteiger partial charge in [0.1, 0.15) is 5.82 Å². The van der Waals surface area contributed by atoms with E-state index in [0.717, 1.165) is 36.5 Å². The fourth-order valence-electron chi connectivity index (χ4n) is 2.24. The van der Waals surface area contributed by atoms with E-state index in [4.69, 9.17) is 4.74 Å². The number of hydrogen-bond donors (Lipinski definition) is 0. The number of hydrogen-bond acceptors (Lipinski definition) is 4. The molecule has 0 amide bonds. The fourth-order valence-corrected chi connectivity index (χ4v) is 2.24. The second-order valence-electron chi connectivity index (χ2n) is 4.62. The van der Waals surface area contributed by atoms with Crippen molar-refractivity contribution in [3.8, 4) is 0 Å². The summed E-state index contributed by atoms with van der Waals surface area (Å²) in [5, 5.41) is 4.46. The number of aryl methyl sites for hydroxylation is 1. The average molecular weight is 237 g/mol. The Morgan fingerprint density at radius 1 is 1.35 bits per heavy atom. The molecule has 1 fully saturated rings. The van der Waals surface area contributed by atoms with Gasteiger partial charge in [-0.25, -0.2) is 0 Å². The molecule has 0 aliphatic carbocycles. The molecule has 94 valence electrons. The van der Waals surface area contributed by atoms with E-state index in [1.165, 1.54) is 0 Å². The van der Waals surface area contributed by atoms with Gasteiger partial charge >= 0.3 is 0 Å². The van der Waals surface area contributed by atoms with E-state index in [1.807, 2.05) is 11.7 Å². The minimum atomic E-state index is 0.260. The molecule has 0 atom stereocenters. The molecule has 1 aromatic heterocycles. The zero-order chi connectivity index (χ0) is 12.4. The first-order valence-electron chi connectivity index (χ1n) is 6.00. The number of carbonyl (C=O) groups excluding carboxylic acids is 1. The van der Waals surface area contributed by atoms with Gasteiger partial charge in [0.15, 0.2) is 6.29 Å². The number of carbonyl (C=O) groups is 1. The zero-order valence-electron chi connectivity index (χ0n) is 10.6. The molecule has 1 aromatic rings. The van der Waals surface area contributed by atoms with Gasteiger partial charge in [-0.1, -0.05) is 13.8 Å². The molecule has 5 nitrogen and oxygen atoms in total. The van der Waals surface area contributed by atoms with Gasteiger partial charge in [-0.15, -0.1) is 0 Å². The Bertz CT molecular complexity index is 406.